The van der Waals surface area contributed by atoms with Gasteiger partial charge >= 0.3 is 12.1 Å². The van der Waals surface area contributed by atoms with Gasteiger partial charge in [0.05, 0.1) is 5.92 Å². The Labute approximate surface area is 152 Å². The fourth-order valence-corrected chi connectivity index (χ4v) is 3.74. The number of aliphatic carboxylic acids is 1. The molecule has 0 unspecified atom stereocenters. The predicted molar refractivity (Wildman–Crippen MR) is 93.3 cm³/mol. The van der Waals surface area contributed by atoms with E-state index in [0.29, 0.717) is 25.9 Å². The van der Waals surface area contributed by atoms with E-state index in [-0.39, 0.29) is 19.1 Å². The number of ether oxygens (including phenoxy) is 1. The van der Waals surface area contributed by atoms with E-state index in [9.17, 15) is 19.5 Å². The molecular weight excluding hydrogens is 336 g/mol. The number of carboxylic acid groups (broad SMARTS) is 1. The Bertz CT molecular complexity index is 657. The highest BCUT2D eigenvalue weighted by molar-refractivity contribution is 5.89. The van der Waals surface area contributed by atoms with Crippen LogP contribution in [0.2, 0.25) is 0 Å². The van der Waals surface area contributed by atoms with Crippen molar-refractivity contribution in [2.75, 3.05) is 19.6 Å². The van der Waals surface area contributed by atoms with Crippen molar-refractivity contribution in [2.24, 2.45) is 5.92 Å². The van der Waals surface area contributed by atoms with Crippen molar-refractivity contribution in [1.29, 1.82) is 0 Å². The summed E-state index contributed by atoms with van der Waals surface area (Å²) in [6.45, 7) is 1.70. The summed E-state index contributed by atoms with van der Waals surface area (Å²) in [5, 5.41) is 9.68. The third-order valence-corrected chi connectivity index (χ3v) is 5.06. The second-order valence-corrected chi connectivity index (χ2v) is 6.80. The number of benzene rings is 1. The van der Waals surface area contributed by atoms with Crippen molar-refractivity contribution in [3.63, 3.8) is 0 Å². The van der Waals surface area contributed by atoms with Gasteiger partial charge in [-0.25, -0.2) is 9.59 Å². The smallest absolute Gasteiger partial charge is 0.410 e. The average Bonchev–Trinajstić information content (AvgIpc) is 3.20. The Morgan fingerprint density at radius 3 is 2.38 bits per heavy atom. The number of carbonyl (C=O) groups excluding carboxylic acids is 2. The number of piperidine rings is 1. The van der Waals surface area contributed by atoms with Crippen LogP contribution in [-0.2, 0) is 20.9 Å². The van der Waals surface area contributed by atoms with E-state index in [1.165, 1.54) is 4.90 Å². The first-order valence-corrected chi connectivity index (χ1v) is 9.07. The highest BCUT2D eigenvalue weighted by atomic mass is 16.6. The molecule has 1 aromatic carbocycles. The molecule has 7 nitrogen and oxygen atoms in total. The number of hydrogen-bond acceptors (Lipinski definition) is 4. The fourth-order valence-electron chi connectivity index (χ4n) is 3.74. The summed E-state index contributed by atoms with van der Waals surface area (Å²) in [6.07, 6.45) is 2.28. The summed E-state index contributed by atoms with van der Waals surface area (Å²) < 4.78 is 5.30. The minimum Gasteiger partial charge on any atom is -0.480 e. The molecule has 7 heteroatoms. The van der Waals surface area contributed by atoms with Crippen molar-refractivity contribution < 1.29 is 24.2 Å². The van der Waals surface area contributed by atoms with E-state index in [4.69, 9.17) is 4.74 Å². The summed E-state index contributed by atoms with van der Waals surface area (Å²) in [6, 6.07) is 8.05. The van der Waals surface area contributed by atoms with E-state index in [1.54, 1.807) is 4.90 Å². The van der Waals surface area contributed by atoms with Gasteiger partial charge in [-0.05, 0) is 31.2 Å². The third-order valence-electron chi connectivity index (χ3n) is 5.06. The molecule has 2 aliphatic heterocycles. The molecule has 26 heavy (non-hydrogen) atoms. The highest BCUT2D eigenvalue weighted by Gasteiger charge is 2.45. The monoisotopic (exact) mass is 360 g/mol. The van der Waals surface area contributed by atoms with Gasteiger partial charge in [-0.3, -0.25) is 9.69 Å². The summed E-state index contributed by atoms with van der Waals surface area (Å²) in [5.74, 6) is -2.02. The molecule has 2 amide bonds. The van der Waals surface area contributed by atoms with E-state index < -0.39 is 24.0 Å². The second kappa shape index (κ2) is 8.21. The minimum atomic E-state index is -1.17. The molecule has 0 saturated carbocycles. The van der Waals surface area contributed by atoms with Gasteiger partial charge in [0.15, 0.2) is 0 Å². The Morgan fingerprint density at radius 1 is 1.04 bits per heavy atom. The molecule has 2 saturated heterocycles. The van der Waals surface area contributed by atoms with E-state index in [0.717, 1.165) is 18.4 Å². The van der Waals surface area contributed by atoms with Crippen LogP contribution < -0.4 is 0 Å². The van der Waals surface area contributed by atoms with E-state index in [2.05, 4.69) is 0 Å². The van der Waals surface area contributed by atoms with Gasteiger partial charge in [0.2, 0.25) is 5.91 Å². The van der Waals surface area contributed by atoms with Crippen LogP contribution in [0.3, 0.4) is 0 Å². The van der Waals surface area contributed by atoms with Gasteiger partial charge in [0.25, 0.3) is 0 Å². The molecular formula is C19H24N2O5. The predicted octanol–water partition coefficient (Wildman–Crippen LogP) is 2.11. The van der Waals surface area contributed by atoms with Crippen LogP contribution in [0.5, 0.6) is 0 Å². The lowest BCUT2D eigenvalue weighted by Gasteiger charge is -2.38. The lowest BCUT2D eigenvalue weighted by molar-refractivity contribution is -0.153. The van der Waals surface area contributed by atoms with Gasteiger partial charge in [0, 0.05) is 19.6 Å². The first-order chi connectivity index (χ1) is 12.6. The van der Waals surface area contributed by atoms with Crippen LogP contribution in [0, 0.1) is 5.92 Å². The quantitative estimate of drug-likeness (QED) is 0.889. The van der Waals surface area contributed by atoms with Crippen LogP contribution in [-0.4, -0.2) is 58.6 Å². The molecule has 140 valence electrons. The van der Waals surface area contributed by atoms with Crippen LogP contribution >= 0.6 is 0 Å². The van der Waals surface area contributed by atoms with Crippen LogP contribution in [0.25, 0.3) is 0 Å². The largest absolute Gasteiger partial charge is 0.480 e. The zero-order valence-electron chi connectivity index (χ0n) is 14.7. The number of amides is 2. The highest BCUT2D eigenvalue weighted by Crippen LogP contribution is 2.28. The van der Waals surface area contributed by atoms with Crippen molar-refractivity contribution >= 4 is 18.0 Å². The maximum absolute atomic E-state index is 12.7. The van der Waals surface area contributed by atoms with E-state index in [1.807, 2.05) is 30.3 Å². The number of nitrogens with zero attached hydrogens (tertiary/aromatic N) is 2. The first kappa shape index (κ1) is 18.2. The van der Waals surface area contributed by atoms with Gasteiger partial charge in [0.1, 0.15) is 12.6 Å². The standard InChI is InChI=1S/C19H24N2O5/c22-17(20-10-4-5-11-20)15-9-6-12-21(16(15)18(23)24)19(25)26-13-14-7-2-1-3-8-14/h1-3,7-8,15-16H,4-6,9-13H2,(H,23,24)/t15-,16+/m0/s1. The molecule has 0 aliphatic carbocycles. The molecule has 2 heterocycles. The first-order valence-electron chi connectivity index (χ1n) is 9.07. The number of carbonyl (C=O) groups is 3. The van der Waals surface area contributed by atoms with Crippen LogP contribution in [0.15, 0.2) is 30.3 Å². The van der Waals surface area contributed by atoms with Crippen molar-refractivity contribution in [1.82, 2.24) is 9.80 Å². The minimum absolute atomic E-state index is 0.0766. The topological polar surface area (TPSA) is 87.2 Å². The van der Waals surface area contributed by atoms with Gasteiger partial charge in [-0.1, -0.05) is 30.3 Å². The summed E-state index contributed by atoms with van der Waals surface area (Å²) in [5.41, 5.74) is 0.828. The maximum atomic E-state index is 12.7. The Hall–Kier alpha value is -2.57. The average molecular weight is 360 g/mol. The Kier molecular flexibility index (Phi) is 5.75. The van der Waals surface area contributed by atoms with Crippen molar-refractivity contribution in [2.45, 2.75) is 38.3 Å². The molecule has 0 bridgehead atoms. The zero-order valence-corrected chi connectivity index (χ0v) is 14.7. The molecule has 1 N–H and O–H groups in total. The van der Waals surface area contributed by atoms with E-state index >= 15 is 0 Å². The number of rotatable bonds is 4. The Balaban J connectivity index is 1.69. The lowest BCUT2D eigenvalue weighted by atomic mass is 9.88. The lowest BCUT2D eigenvalue weighted by Crippen LogP contribution is -2.56. The molecule has 2 atom stereocenters. The summed E-state index contributed by atoms with van der Waals surface area (Å²) in [4.78, 5) is 40.0. The summed E-state index contributed by atoms with van der Waals surface area (Å²) >= 11 is 0. The van der Waals surface area contributed by atoms with Gasteiger partial charge < -0.3 is 14.7 Å². The summed E-state index contributed by atoms with van der Waals surface area (Å²) in [7, 11) is 0. The van der Waals surface area contributed by atoms with Gasteiger partial charge in [-0.15, -0.1) is 0 Å². The SMILES string of the molecule is O=C(O)[C@H]1[C@@H](C(=O)N2CCCC2)CCCN1C(=O)OCc1ccccc1. The normalized spacial score (nSPS) is 22.9. The van der Waals surface area contributed by atoms with Gasteiger partial charge in [-0.2, -0.15) is 0 Å². The zero-order chi connectivity index (χ0) is 18.5. The van der Waals surface area contributed by atoms with Crippen LogP contribution in [0.1, 0.15) is 31.2 Å². The third kappa shape index (κ3) is 3.98. The molecule has 1 aromatic rings. The maximum Gasteiger partial charge on any atom is 0.410 e. The second-order valence-electron chi connectivity index (χ2n) is 6.80. The number of hydrogen-bond donors (Lipinski definition) is 1. The molecule has 0 radical (unpaired) electrons. The number of likely N-dealkylation sites (tertiary alicyclic amines) is 2. The fraction of sp³-hybridized carbons (Fsp3) is 0.526. The molecule has 2 aliphatic rings. The van der Waals surface area contributed by atoms with Crippen molar-refractivity contribution in [3.8, 4) is 0 Å². The molecule has 2 fully saturated rings. The molecule has 3 rings (SSSR count). The molecule has 0 spiro atoms. The molecule has 0 aromatic heterocycles. The Morgan fingerprint density at radius 2 is 1.73 bits per heavy atom. The van der Waals surface area contributed by atoms with Crippen molar-refractivity contribution in [3.05, 3.63) is 35.9 Å². The van der Waals surface area contributed by atoms with Crippen LogP contribution in [0.4, 0.5) is 4.79 Å². The number of carboxylic acids is 1.